The van der Waals surface area contributed by atoms with Crippen LogP contribution in [0.25, 0.3) is 0 Å². The van der Waals surface area contributed by atoms with E-state index in [0.29, 0.717) is 44.2 Å². The lowest BCUT2D eigenvalue weighted by Gasteiger charge is -2.34. The molecule has 8 heteroatoms. The monoisotopic (exact) mass is 387 g/mol. The van der Waals surface area contributed by atoms with Crippen LogP contribution in [0.5, 0.6) is 0 Å². The highest BCUT2D eigenvalue weighted by Gasteiger charge is 2.23. The first-order valence-corrected chi connectivity index (χ1v) is 9.26. The molecule has 1 N–H and O–H groups in total. The van der Waals surface area contributed by atoms with Crippen molar-refractivity contribution < 1.29 is 9.59 Å². The zero-order valence-corrected chi connectivity index (χ0v) is 15.9. The van der Waals surface area contributed by atoms with Gasteiger partial charge in [0.05, 0.1) is 5.56 Å². The highest BCUT2D eigenvalue weighted by molar-refractivity contribution is 6.30. The number of nitrogens with zero attached hydrogens (tertiary/aromatic N) is 4. The molecule has 1 aromatic heterocycles. The maximum absolute atomic E-state index is 12.5. The molecule has 7 nitrogen and oxygen atoms in total. The Balaban J connectivity index is 1.49. The Bertz CT molecular complexity index is 804. The van der Waals surface area contributed by atoms with Crippen molar-refractivity contribution in [1.82, 2.24) is 19.8 Å². The van der Waals surface area contributed by atoms with Gasteiger partial charge in [0.2, 0.25) is 11.9 Å². The summed E-state index contributed by atoms with van der Waals surface area (Å²) in [7, 11) is 0. The van der Waals surface area contributed by atoms with Crippen LogP contribution in [0.4, 0.5) is 5.95 Å². The molecule has 2 amide bonds. The van der Waals surface area contributed by atoms with Crippen LogP contribution >= 0.6 is 11.6 Å². The van der Waals surface area contributed by atoms with E-state index < -0.39 is 0 Å². The second-order valence-electron chi connectivity index (χ2n) is 6.40. The molecule has 1 aromatic carbocycles. The molecule has 1 aliphatic rings. The maximum atomic E-state index is 12.5. The predicted molar refractivity (Wildman–Crippen MR) is 104 cm³/mol. The number of carbonyl (C=O) groups excluding carboxylic acids is 2. The van der Waals surface area contributed by atoms with E-state index in [2.05, 4.69) is 15.3 Å². The zero-order chi connectivity index (χ0) is 19.2. The van der Waals surface area contributed by atoms with Crippen molar-refractivity contribution in [3.8, 4) is 0 Å². The number of benzene rings is 1. The summed E-state index contributed by atoms with van der Waals surface area (Å²) in [4.78, 5) is 35.8. The molecular weight excluding hydrogens is 366 g/mol. The molecule has 0 radical (unpaired) electrons. The van der Waals surface area contributed by atoms with Crippen molar-refractivity contribution in [3.05, 3.63) is 52.8 Å². The average Bonchev–Trinajstić information content (AvgIpc) is 2.68. The van der Waals surface area contributed by atoms with Crippen molar-refractivity contribution >= 4 is 29.4 Å². The largest absolute Gasteiger partial charge is 0.354 e. The lowest BCUT2D eigenvalue weighted by Crippen LogP contribution is -2.50. The fourth-order valence-corrected chi connectivity index (χ4v) is 3.16. The van der Waals surface area contributed by atoms with Crippen molar-refractivity contribution in [3.63, 3.8) is 0 Å². The number of amides is 2. The maximum Gasteiger partial charge on any atom is 0.257 e. The first kappa shape index (κ1) is 19.1. The number of rotatable bonds is 5. The third-order valence-corrected chi connectivity index (χ3v) is 4.73. The van der Waals surface area contributed by atoms with E-state index in [1.165, 1.54) is 12.4 Å². The molecule has 0 bridgehead atoms. The Morgan fingerprint density at radius 2 is 1.78 bits per heavy atom. The predicted octanol–water partition coefficient (Wildman–Crippen LogP) is 2.09. The Hall–Kier alpha value is -2.67. The van der Waals surface area contributed by atoms with Crippen LogP contribution in [0, 0.1) is 0 Å². The van der Waals surface area contributed by atoms with Gasteiger partial charge in [-0.15, -0.1) is 0 Å². The third-order valence-electron chi connectivity index (χ3n) is 4.50. The molecule has 0 unspecified atom stereocenters. The van der Waals surface area contributed by atoms with Gasteiger partial charge in [0.15, 0.2) is 0 Å². The molecule has 0 saturated carbocycles. The van der Waals surface area contributed by atoms with Crippen molar-refractivity contribution in [2.45, 2.75) is 13.3 Å². The summed E-state index contributed by atoms with van der Waals surface area (Å²) in [6.07, 6.45) is 3.87. The number of anilines is 1. The summed E-state index contributed by atoms with van der Waals surface area (Å²) in [6, 6.07) is 7.71. The van der Waals surface area contributed by atoms with Crippen molar-refractivity contribution in [1.29, 1.82) is 0 Å². The highest BCUT2D eigenvalue weighted by atomic mass is 35.5. The van der Waals surface area contributed by atoms with Crippen LogP contribution in [0.2, 0.25) is 5.02 Å². The Kier molecular flexibility index (Phi) is 6.24. The fourth-order valence-electron chi connectivity index (χ4n) is 2.95. The molecule has 3 rings (SSSR count). The standard InChI is InChI=1S/C19H22ClN5O2/c1-14(26)24-7-9-25(10-8-24)18(27)16-12-22-19(23-13-16)21-6-5-15-3-2-4-17(20)11-15/h2-4,11-13H,5-10H2,1H3,(H,21,22,23). The summed E-state index contributed by atoms with van der Waals surface area (Å²) < 4.78 is 0. The fraction of sp³-hybridized carbons (Fsp3) is 0.368. The molecule has 1 fully saturated rings. The van der Waals surface area contributed by atoms with Crippen LogP contribution in [-0.4, -0.2) is 64.3 Å². The van der Waals surface area contributed by atoms with Crippen LogP contribution in [0.15, 0.2) is 36.7 Å². The Morgan fingerprint density at radius 3 is 2.41 bits per heavy atom. The second-order valence-corrected chi connectivity index (χ2v) is 6.84. The van der Waals surface area contributed by atoms with E-state index in [-0.39, 0.29) is 11.8 Å². The van der Waals surface area contributed by atoms with Gasteiger partial charge in [0.25, 0.3) is 5.91 Å². The van der Waals surface area contributed by atoms with Gasteiger partial charge in [-0.3, -0.25) is 9.59 Å². The van der Waals surface area contributed by atoms with E-state index in [1.807, 2.05) is 24.3 Å². The number of piperazine rings is 1. The number of hydrogen-bond acceptors (Lipinski definition) is 5. The molecule has 27 heavy (non-hydrogen) atoms. The van der Waals surface area contributed by atoms with Crippen LogP contribution in [0.1, 0.15) is 22.8 Å². The van der Waals surface area contributed by atoms with Gasteiger partial charge in [-0.2, -0.15) is 0 Å². The first-order valence-electron chi connectivity index (χ1n) is 8.88. The average molecular weight is 388 g/mol. The van der Waals surface area contributed by atoms with Gasteiger partial charge in [-0.1, -0.05) is 23.7 Å². The van der Waals surface area contributed by atoms with Crippen LogP contribution < -0.4 is 5.32 Å². The summed E-state index contributed by atoms with van der Waals surface area (Å²) in [6.45, 7) is 4.39. The van der Waals surface area contributed by atoms with Gasteiger partial charge in [-0.05, 0) is 24.1 Å². The summed E-state index contributed by atoms with van der Waals surface area (Å²) in [5, 5.41) is 3.86. The zero-order valence-electron chi connectivity index (χ0n) is 15.2. The number of hydrogen-bond donors (Lipinski definition) is 1. The molecule has 2 heterocycles. The number of carbonyl (C=O) groups is 2. The van der Waals surface area contributed by atoms with Gasteiger partial charge in [-0.25, -0.2) is 9.97 Å². The van der Waals surface area contributed by atoms with Crippen LogP contribution in [0.3, 0.4) is 0 Å². The SMILES string of the molecule is CC(=O)N1CCN(C(=O)c2cnc(NCCc3cccc(Cl)c3)nc2)CC1. The van der Waals surface area contributed by atoms with E-state index in [0.717, 1.165) is 17.0 Å². The van der Waals surface area contributed by atoms with E-state index in [4.69, 9.17) is 11.6 Å². The lowest BCUT2D eigenvalue weighted by atomic mass is 10.1. The molecule has 2 aromatic rings. The molecule has 142 valence electrons. The molecule has 1 aliphatic heterocycles. The Morgan fingerprint density at radius 1 is 1.11 bits per heavy atom. The van der Waals surface area contributed by atoms with E-state index in [1.54, 1.807) is 16.7 Å². The van der Waals surface area contributed by atoms with Crippen molar-refractivity contribution in [2.75, 3.05) is 38.0 Å². The van der Waals surface area contributed by atoms with Gasteiger partial charge in [0, 0.05) is 57.1 Å². The number of nitrogens with one attached hydrogen (secondary N) is 1. The second kappa shape index (κ2) is 8.81. The third kappa shape index (κ3) is 5.17. The smallest absolute Gasteiger partial charge is 0.257 e. The number of halogens is 1. The molecule has 1 saturated heterocycles. The summed E-state index contributed by atoms with van der Waals surface area (Å²) in [5.41, 5.74) is 1.58. The van der Waals surface area contributed by atoms with Gasteiger partial charge in [0.1, 0.15) is 0 Å². The minimum atomic E-state index is -0.108. The quantitative estimate of drug-likeness (QED) is 0.849. The highest BCUT2D eigenvalue weighted by Crippen LogP contribution is 2.12. The van der Waals surface area contributed by atoms with Gasteiger partial charge < -0.3 is 15.1 Å². The normalized spacial score (nSPS) is 14.1. The van der Waals surface area contributed by atoms with E-state index >= 15 is 0 Å². The minimum absolute atomic E-state index is 0.0404. The minimum Gasteiger partial charge on any atom is -0.354 e. The molecule has 0 aliphatic carbocycles. The van der Waals surface area contributed by atoms with Crippen molar-refractivity contribution in [2.24, 2.45) is 0 Å². The summed E-state index contributed by atoms with van der Waals surface area (Å²) in [5.74, 6) is 0.414. The first-order chi connectivity index (χ1) is 13.0. The molecule has 0 spiro atoms. The lowest BCUT2D eigenvalue weighted by molar-refractivity contribution is -0.130. The number of aromatic nitrogens is 2. The van der Waals surface area contributed by atoms with Gasteiger partial charge >= 0.3 is 0 Å². The molecule has 0 atom stereocenters. The molecular formula is C19H22ClN5O2. The topological polar surface area (TPSA) is 78.4 Å². The van der Waals surface area contributed by atoms with E-state index in [9.17, 15) is 9.59 Å². The summed E-state index contributed by atoms with van der Waals surface area (Å²) >= 11 is 5.97. The Labute approximate surface area is 163 Å². The van der Waals surface area contributed by atoms with Crippen LogP contribution in [-0.2, 0) is 11.2 Å².